The number of halogens is 1. The van der Waals surface area contributed by atoms with Crippen LogP contribution in [-0.2, 0) is 10.3 Å². The van der Waals surface area contributed by atoms with Crippen LogP contribution in [0.5, 0.6) is 0 Å². The summed E-state index contributed by atoms with van der Waals surface area (Å²) in [6, 6.07) is 9.07. The monoisotopic (exact) mass is 463 g/mol. The van der Waals surface area contributed by atoms with Crippen molar-refractivity contribution in [1.29, 1.82) is 0 Å². The molecule has 0 atom stereocenters. The fourth-order valence-electron chi connectivity index (χ4n) is 2.69. The van der Waals surface area contributed by atoms with E-state index < -0.39 is 50.4 Å². The summed E-state index contributed by atoms with van der Waals surface area (Å²) in [7, 11) is -5.03. The van der Waals surface area contributed by atoms with Crippen molar-refractivity contribution in [2.75, 3.05) is 4.31 Å². The van der Waals surface area contributed by atoms with Crippen LogP contribution in [0.15, 0.2) is 64.3 Å². The zero-order valence-corrected chi connectivity index (χ0v) is 16.7. The highest BCUT2D eigenvalue weighted by Gasteiger charge is 2.27. The third-order valence-corrected chi connectivity index (χ3v) is 5.01. The molecule has 5 N–H and O–H groups in total. The average Bonchev–Trinajstić information content (AvgIpc) is 2.74. The van der Waals surface area contributed by atoms with E-state index in [1.807, 2.05) is 4.98 Å². The van der Waals surface area contributed by atoms with Crippen LogP contribution in [0.3, 0.4) is 0 Å². The smallest absolute Gasteiger partial charge is 0.312 e. The molecule has 0 aliphatic carbocycles. The van der Waals surface area contributed by atoms with Gasteiger partial charge in [0.25, 0.3) is 17.4 Å². The molecule has 3 rings (SSSR count). The lowest BCUT2D eigenvalue weighted by atomic mass is 10.1. The van der Waals surface area contributed by atoms with Gasteiger partial charge in [-0.1, -0.05) is 12.1 Å². The molecule has 12 nitrogen and oxygen atoms in total. The first-order valence-electron chi connectivity index (χ1n) is 8.58. The van der Waals surface area contributed by atoms with E-state index in [0.717, 1.165) is 42.6 Å². The molecule has 0 radical (unpaired) electrons. The van der Waals surface area contributed by atoms with Crippen LogP contribution in [0.25, 0.3) is 0 Å². The molecule has 0 aliphatic heterocycles. The lowest BCUT2D eigenvalue weighted by molar-refractivity contribution is 0.0613. The number of hydrazine groups is 1. The number of rotatable bonds is 5. The molecule has 32 heavy (non-hydrogen) atoms. The number of carbonyl (C=O) groups excluding carboxylic acids is 2. The molecule has 1 heterocycles. The number of aromatic nitrogens is 2. The Kier molecular flexibility index (Phi) is 6.02. The Bertz CT molecular complexity index is 1420. The van der Waals surface area contributed by atoms with E-state index in [9.17, 15) is 36.5 Å². The van der Waals surface area contributed by atoms with Gasteiger partial charge in [-0.25, -0.2) is 24.3 Å². The lowest BCUT2D eigenvalue weighted by Crippen LogP contribution is -2.43. The molecule has 166 valence electrons. The number of carbonyl (C=O) groups is 2. The second kappa shape index (κ2) is 8.54. The van der Waals surface area contributed by atoms with Crippen molar-refractivity contribution < 1.29 is 27.0 Å². The van der Waals surface area contributed by atoms with Crippen LogP contribution in [0, 0.1) is 5.82 Å². The zero-order chi connectivity index (χ0) is 23.6. The minimum absolute atomic E-state index is 0.181. The summed E-state index contributed by atoms with van der Waals surface area (Å²) in [5.41, 5.74) is -3.57. The molecule has 2 amide bonds. The second-order valence-corrected chi connectivity index (χ2v) is 7.47. The number of aromatic amines is 2. The number of nitrogens with two attached hydrogens (primary N) is 1. The SMILES string of the molecule is NN(C(=O)c1ccc(N(c2c[nH]c(=O)[nH]c2=O)S(=O)(=O)O)cc1)C(=O)c1ccccc1F. The molecule has 0 bridgehead atoms. The van der Waals surface area contributed by atoms with Gasteiger partial charge >= 0.3 is 16.0 Å². The first-order chi connectivity index (χ1) is 15.0. The normalized spacial score (nSPS) is 11.1. The maximum absolute atomic E-state index is 13.8. The Balaban J connectivity index is 1.94. The van der Waals surface area contributed by atoms with E-state index in [1.54, 1.807) is 0 Å². The highest BCUT2D eigenvalue weighted by Crippen LogP contribution is 2.25. The molecule has 0 saturated heterocycles. The van der Waals surface area contributed by atoms with E-state index in [4.69, 9.17) is 5.84 Å². The van der Waals surface area contributed by atoms with Gasteiger partial charge in [0.05, 0.1) is 11.3 Å². The highest BCUT2D eigenvalue weighted by molar-refractivity contribution is 7.87. The Morgan fingerprint density at radius 1 is 1.00 bits per heavy atom. The third-order valence-electron chi connectivity index (χ3n) is 4.14. The fraction of sp³-hybridized carbons (Fsp3) is 0. The Hall–Kier alpha value is -4.14. The summed E-state index contributed by atoms with van der Waals surface area (Å²) < 4.78 is 47.2. The van der Waals surface area contributed by atoms with E-state index in [1.165, 1.54) is 12.1 Å². The maximum atomic E-state index is 13.8. The van der Waals surface area contributed by atoms with E-state index in [2.05, 4.69) is 4.98 Å². The van der Waals surface area contributed by atoms with Crippen LogP contribution >= 0.6 is 0 Å². The lowest BCUT2D eigenvalue weighted by Gasteiger charge is -2.20. The number of imide groups is 1. The predicted molar refractivity (Wildman–Crippen MR) is 109 cm³/mol. The third kappa shape index (κ3) is 4.46. The first-order valence-corrected chi connectivity index (χ1v) is 9.98. The zero-order valence-electron chi connectivity index (χ0n) is 15.9. The topological polar surface area (TPSA) is 187 Å². The Labute approximate surface area is 178 Å². The number of H-pyrrole nitrogens is 2. The van der Waals surface area contributed by atoms with Gasteiger partial charge in [0.2, 0.25) is 0 Å². The van der Waals surface area contributed by atoms with Crippen LogP contribution in [0.2, 0.25) is 0 Å². The van der Waals surface area contributed by atoms with Crippen molar-refractivity contribution in [2.24, 2.45) is 5.84 Å². The first kappa shape index (κ1) is 22.5. The predicted octanol–water partition coefficient (Wildman–Crippen LogP) is 0.300. The van der Waals surface area contributed by atoms with Crippen molar-refractivity contribution in [3.8, 4) is 0 Å². The number of nitrogens with one attached hydrogen (secondary N) is 2. The van der Waals surface area contributed by atoms with E-state index in [0.29, 0.717) is 0 Å². The molecule has 2 aromatic carbocycles. The molecular weight excluding hydrogens is 449 g/mol. The summed E-state index contributed by atoms with van der Waals surface area (Å²) in [5, 5.41) is 0.181. The fourth-order valence-corrected chi connectivity index (χ4v) is 3.46. The molecule has 0 spiro atoms. The van der Waals surface area contributed by atoms with Gasteiger partial charge < -0.3 is 4.98 Å². The highest BCUT2D eigenvalue weighted by atomic mass is 32.2. The molecule has 14 heteroatoms. The van der Waals surface area contributed by atoms with Crippen molar-refractivity contribution >= 4 is 33.5 Å². The number of nitrogens with zero attached hydrogens (tertiary/aromatic N) is 2. The van der Waals surface area contributed by atoms with Gasteiger partial charge in [0.15, 0.2) is 0 Å². The van der Waals surface area contributed by atoms with Gasteiger partial charge in [0, 0.05) is 11.8 Å². The van der Waals surface area contributed by atoms with Crippen molar-refractivity contribution in [2.45, 2.75) is 0 Å². The minimum atomic E-state index is -5.03. The summed E-state index contributed by atoms with van der Waals surface area (Å²) in [4.78, 5) is 51.8. The standard InChI is InChI=1S/C18H14FN5O7S/c19-13-4-2-1-3-12(13)17(27)23(20)16(26)10-5-7-11(8-6-10)24(32(29,30)31)14-9-21-18(28)22-15(14)25/h1-9H,20H2,(H,29,30,31)(H2,21,22,25,28). The molecule has 3 aromatic rings. The summed E-state index contributed by atoms with van der Waals surface area (Å²) in [6.45, 7) is 0. The molecule has 1 aromatic heterocycles. The van der Waals surface area contributed by atoms with Gasteiger partial charge in [-0.2, -0.15) is 8.42 Å². The van der Waals surface area contributed by atoms with E-state index in [-0.39, 0.29) is 20.6 Å². The van der Waals surface area contributed by atoms with Gasteiger partial charge in [-0.3, -0.25) is 23.9 Å². The Morgan fingerprint density at radius 3 is 2.19 bits per heavy atom. The second-order valence-electron chi connectivity index (χ2n) is 6.21. The van der Waals surface area contributed by atoms with Crippen LogP contribution in [-0.4, -0.2) is 39.8 Å². The maximum Gasteiger partial charge on any atom is 0.364 e. The molecule has 0 aliphatic rings. The number of hydrogen-bond acceptors (Lipinski definition) is 7. The number of amides is 2. The number of hydrogen-bond donors (Lipinski definition) is 4. The van der Waals surface area contributed by atoms with E-state index >= 15 is 0 Å². The van der Waals surface area contributed by atoms with Crippen LogP contribution in [0.4, 0.5) is 15.8 Å². The van der Waals surface area contributed by atoms with Gasteiger partial charge in [-0.15, -0.1) is 0 Å². The van der Waals surface area contributed by atoms with Crippen LogP contribution < -0.4 is 21.4 Å². The largest absolute Gasteiger partial charge is 0.364 e. The molecule has 0 fully saturated rings. The van der Waals surface area contributed by atoms with Crippen molar-refractivity contribution in [3.05, 3.63) is 92.5 Å². The summed E-state index contributed by atoms with van der Waals surface area (Å²) in [6.07, 6.45) is 0.767. The average molecular weight is 463 g/mol. The van der Waals surface area contributed by atoms with Crippen molar-refractivity contribution in [1.82, 2.24) is 15.0 Å². The van der Waals surface area contributed by atoms with Gasteiger partial charge in [-0.05, 0) is 36.4 Å². The number of anilines is 2. The quantitative estimate of drug-likeness (QED) is 0.137. The minimum Gasteiger partial charge on any atom is -0.312 e. The van der Waals surface area contributed by atoms with Crippen LogP contribution in [0.1, 0.15) is 20.7 Å². The summed E-state index contributed by atoms with van der Waals surface area (Å²) >= 11 is 0. The molecule has 0 saturated carbocycles. The van der Waals surface area contributed by atoms with Gasteiger partial charge in [0.1, 0.15) is 11.5 Å². The Morgan fingerprint density at radius 2 is 1.62 bits per heavy atom. The molecular formula is C18H14FN5O7S. The number of benzene rings is 2. The summed E-state index contributed by atoms with van der Waals surface area (Å²) in [5.74, 6) is 2.49. The van der Waals surface area contributed by atoms with Crippen molar-refractivity contribution in [3.63, 3.8) is 0 Å². The molecule has 0 unspecified atom stereocenters.